The second-order valence-corrected chi connectivity index (χ2v) is 6.16. The van der Waals surface area contributed by atoms with Crippen LogP contribution in [0, 0.1) is 5.92 Å². The zero-order valence-electron chi connectivity index (χ0n) is 13.6. The van der Waals surface area contributed by atoms with E-state index in [9.17, 15) is 14.4 Å². The van der Waals surface area contributed by atoms with E-state index in [0.29, 0.717) is 23.3 Å². The normalized spacial score (nSPS) is 22.0. The fourth-order valence-corrected chi connectivity index (χ4v) is 2.81. The van der Waals surface area contributed by atoms with E-state index in [0.717, 1.165) is 19.3 Å². The molecule has 1 aromatic rings. The van der Waals surface area contributed by atoms with Gasteiger partial charge in [-0.2, -0.15) is 0 Å². The van der Waals surface area contributed by atoms with E-state index >= 15 is 0 Å². The van der Waals surface area contributed by atoms with Crippen LogP contribution < -0.4 is 5.32 Å². The van der Waals surface area contributed by atoms with Gasteiger partial charge >= 0.3 is 5.97 Å². The van der Waals surface area contributed by atoms with E-state index in [1.807, 2.05) is 0 Å². The van der Waals surface area contributed by atoms with Gasteiger partial charge in [-0.3, -0.25) is 9.59 Å². The molecule has 3 atom stereocenters. The molecule has 1 aliphatic carbocycles. The Morgan fingerprint density at radius 1 is 1.22 bits per heavy atom. The second kappa shape index (κ2) is 7.90. The highest BCUT2D eigenvalue weighted by atomic mass is 16.5. The number of esters is 1. The van der Waals surface area contributed by atoms with Gasteiger partial charge in [0.05, 0.1) is 5.56 Å². The summed E-state index contributed by atoms with van der Waals surface area (Å²) in [5, 5.41) is 2.98. The summed E-state index contributed by atoms with van der Waals surface area (Å²) in [5.41, 5.74) is 0.805. The fraction of sp³-hybridized carbons (Fsp3) is 0.500. The summed E-state index contributed by atoms with van der Waals surface area (Å²) >= 11 is 0. The molecule has 0 heterocycles. The zero-order chi connectivity index (χ0) is 16.8. The van der Waals surface area contributed by atoms with E-state index in [-0.39, 0.29) is 11.9 Å². The van der Waals surface area contributed by atoms with Gasteiger partial charge in [0, 0.05) is 11.6 Å². The van der Waals surface area contributed by atoms with E-state index < -0.39 is 12.1 Å². The third kappa shape index (κ3) is 4.65. The maximum atomic E-state index is 12.2. The SMILES string of the molecule is C[C@@H](OC(=O)c1ccc(C=O)cc1)C(=O)N[C@H]1CCCC[C@@H]1C. The van der Waals surface area contributed by atoms with Gasteiger partial charge in [-0.25, -0.2) is 4.79 Å². The quantitative estimate of drug-likeness (QED) is 0.669. The molecule has 124 valence electrons. The molecule has 1 N–H and O–H groups in total. The Morgan fingerprint density at radius 2 is 1.87 bits per heavy atom. The maximum Gasteiger partial charge on any atom is 0.338 e. The molecule has 0 aromatic heterocycles. The number of nitrogens with one attached hydrogen (secondary N) is 1. The first-order valence-corrected chi connectivity index (χ1v) is 8.08. The van der Waals surface area contributed by atoms with Crippen LogP contribution in [0.25, 0.3) is 0 Å². The Hall–Kier alpha value is -2.17. The van der Waals surface area contributed by atoms with Crippen LogP contribution in [0.15, 0.2) is 24.3 Å². The van der Waals surface area contributed by atoms with Gasteiger partial charge < -0.3 is 10.1 Å². The number of ether oxygens (including phenoxy) is 1. The number of amides is 1. The molecular formula is C18H23NO4. The van der Waals surface area contributed by atoms with Crippen molar-refractivity contribution in [1.82, 2.24) is 5.32 Å². The summed E-state index contributed by atoms with van der Waals surface area (Å²) in [6.45, 7) is 3.70. The van der Waals surface area contributed by atoms with Crippen LogP contribution >= 0.6 is 0 Å². The molecule has 2 rings (SSSR count). The summed E-state index contributed by atoms with van der Waals surface area (Å²) in [5.74, 6) is -0.380. The van der Waals surface area contributed by atoms with Crippen LogP contribution in [-0.4, -0.2) is 30.3 Å². The molecular weight excluding hydrogens is 294 g/mol. The highest BCUT2D eigenvalue weighted by molar-refractivity contribution is 5.92. The van der Waals surface area contributed by atoms with Crippen molar-refractivity contribution in [3.05, 3.63) is 35.4 Å². The summed E-state index contributed by atoms with van der Waals surface area (Å²) < 4.78 is 5.21. The zero-order valence-corrected chi connectivity index (χ0v) is 13.6. The molecule has 0 bridgehead atoms. The molecule has 1 aromatic carbocycles. The lowest BCUT2D eigenvalue weighted by molar-refractivity contribution is -0.130. The number of rotatable bonds is 5. The lowest BCUT2D eigenvalue weighted by Crippen LogP contribution is -2.45. The van der Waals surface area contributed by atoms with Gasteiger partial charge in [0.2, 0.25) is 0 Å². The molecule has 1 amide bonds. The molecule has 0 unspecified atom stereocenters. The average Bonchev–Trinajstić information content (AvgIpc) is 2.56. The number of aldehydes is 1. The number of benzene rings is 1. The molecule has 5 heteroatoms. The van der Waals surface area contributed by atoms with E-state index in [1.165, 1.54) is 30.7 Å². The summed E-state index contributed by atoms with van der Waals surface area (Å²) in [7, 11) is 0. The van der Waals surface area contributed by atoms with Gasteiger partial charge in [0.15, 0.2) is 6.10 Å². The van der Waals surface area contributed by atoms with E-state index in [4.69, 9.17) is 4.74 Å². The third-order valence-corrected chi connectivity index (χ3v) is 4.37. The van der Waals surface area contributed by atoms with Crippen molar-refractivity contribution >= 4 is 18.2 Å². The first-order valence-electron chi connectivity index (χ1n) is 8.08. The van der Waals surface area contributed by atoms with Crippen molar-refractivity contribution < 1.29 is 19.1 Å². The van der Waals surface area contributed by atoms with Crippen LogP contribution in [0.1, 0.15) is 60.2 Å². The summed E-state index contributed by atoms with van der Waals surface area (Å²) in [4.78, 5) is 34.8. The molecule has 0 aliphatic heterocycles. The van der Waals surface area contributed by atoms with Crippen molar-refractivity contribution in [1.29, 1.82) is 0 Å². The van der Waals surface area contributed by atoms with Gasteiger partial charge in [-0.05, 0) is 37.8 Å². The monoisotopic (exact) mass is 317 g/mol. The van der Waals surface area contributed by atoms with Gasteiger partial charge in [-0.15, -0.1) is 0 Å². The van der Waals surface area contributed by atoms with Crippen LogP contribution in [0.2, 0.25) is 0 Å². The number of carbonyl (C=O) groups is 3. The highest BCUT2D eigenvalue weighted by Crippen LogP contribution is 2.23. The van der Waals surface area contributed by atoms with Crippen molar-refractivity contribution in [3.63, 3.8) is 0 Å². The number of carbonyl (C=O) groups excluding carboxylic acids is 3. The molecule has 5 nitrogen and oxygen atoms in total. The molecule has 1 saturated carbocycles. The number of hydrogen-bond acceptors (Lipinski definition) is 4. The Balaban J connectivity index is 1.89. The van der Waals surface area contributed by atoms with Crippen LogP contribution in [0.5, 0.6) is 0 Å². The minimum atomic E-state index is -0.845. The standard InChI is InChI=1S/C18H23NO4/c1-12-5-3-4-6-16(12)19-17(21)13(2)23-18(22)15-9-7-14(11-20)8-10-15/h7-13,16H,3-6H2,1-2H3,(H,19,21)/t12-,13+,16-/m0/s1. The molecule has 23 heavy (non-hydrogen) atoms. The lowest BCUT2D eigenvalue weighted by Gasteiger charge is -2.30. The summed E-state index contributed by atoms with van der Waals surface area (Å²) in [6, 6.07) is 6.26. The van der Waals surface area contributed by atoms with Crippen LogP contribution in [0.4, 0.5) is 0 Å². The highest BCUT2D eigenvalue weighted by Gasteiger charge is 2.26. The van der Waals surface area contributed by atoms with Gasteiger partial charge in [0.1, 0.15) is 6.29 Å². The largest absolute Gasteiger partial charge is 0.449 e. The summed E-state index contributed by atoms with van der Waals surface area (Å²) in [6.07, 6.45) is 4.27. The van der Waals surface area contributed by atoms with Crippen LogP contribution in [-0.2, 0) is 9.53 Å². The van der Waals surface area contributed by atoms with Crippen molar-refractivity contribution in [2.75, 3.05) is 0 Å². The van der Waals surface area contributed by atoms with Crippen LogP contribution in [0.3, 0.4) is 0 Å². The lowest BCUT2D eigenvalue weighted by atomic mass is 9.86. The molecule has 0 spiro atoms. The fourth-order valence-electron chi connectivity index (χ4n) is 2.81. The van der Waals surface area contributed by atoms with E-state index in [1.54, 1.807) is 6.92 Å². The maximum absolute atomic E-state index is 12.2. The van der Waals surface area contributed by atoms with Crippen molar-refractivity contribution in [2.45, 2.75) is 51.7 Å². The first kappa shape index (κ1) is 17.2. The van der Waals surface area contributed by atoms with Gasteiger partial charge in [0.25, 0.3) is 5.91 Å². The topological polar surface area (TPSA) is 72.5 Å². The van der Waals surface area contributed by atoms with Gasteiger partial charge in [-0.1, -0.05) is 31.9 Å². The van der Waals surface area contributed by atoms with Crippen molar-refractivity contribution in [2.24, 2.45) is 5.92 Å². The molecule has 0 radical (unpaired) electrons. The predicted molar refractivity (Wildman–Crippen MR) is 86.3 cm³/mol. The van der Waals surface area contributed by atoms with E-state index in [2.05, 4.69) is 12.2 Å². The molecule has 1 fully saturated rings. The first-order chi connectivity index (χ1) is 11.0. The van der Waals surface area contributed by atoms with Crippen molar-refractivity contribution in [3.8, 4) is 0 Å². The molecule has 0 saturated heterocycles. The average molecular weight is 317 g/mol. The second-order valence-electron chi connectivity index (χ2n) is 6.16. The third-order valence-electron chi connectivity index (χ3n) is 4.37. The predicted octanol–water partition coefficient (Wildman–Crippen LogP) is 2.74. The Morgan fingerprint density at radius 3 is 2.48 bits per heavy atom. The smallest absolute Gasteiger partial charge is 0.338 e. The minimum absolute atomic E-state index is 0.157. The Bertz CT molecular complexity index is 567. The number of hydrogen-bond donors (Lipinski definition) is 1. The molecule has 1 aliphatic rings. The Labute approximate surface area is 136 Å². The Kier molecular flexibility index (Phi) is 5.90. The minimum Gasteiger partial charge on any atom is -0.449 e.